The molecule has 2 unspecified atom stereocenters. The maximum atomic E-state index is 10.2. The van der Waals surface area contributed by atoms with Gasteiger partial charge >= 0.3 is 0 Å². The fraction of sp³-hybridized carbons (Fsp3) is 0.647. The molecule has 1 aromatic rings. The maximum absolute atomic E-state index is 10.2. The largest absolute Gasteiger partial charge is 0.490 e. The molecule has 4 heteroatoms. The summed E-state index contributed by atoms with van der Waals surface area (Å²) in [5.74, 6) is 0.882. The number of aliphatic hydroxyl groups is 2. The number of likely N-dealkylation sites (tertiary alicyclic amines) is 1. The summed E-state index contributed by atoms with van der Waals surface area (Å²) in [4.78, 5) is 2.11. The second-order valence-electron chi connectivity index (χ2n) is 6.17. The van der Waals surface area contributed by atoms with Gasteiger partial charge in [0.1, 0.15) is 18.5 Å². The zero-order chi connectivity index (χ0) is 15.4. The van der Waals surface area contributed by atoms with Crippen molar-refractivity contribution in [3.8, 4) is 5.75 Å². The predicted molar refractivity (Wildman–Crippen MR) is 83.8 cm³/mol. The number of aliphatic hydroxyl groups excluding tert-OH is 2. The third-order valence-electron chi connectivity index (χ3n) is 4.24. The minimum absolute atomic E-state index is 0.256. The predicted octanol–water partition coefficient (Wildman–Crippen LogP) is 1.81. The normalized spacial score (nSPS) is 21.3. The van der Waals surface area contributed by atoms with Gasteiger partial charge in [-0.15, -0.1) is 0 Å². The van der Waals surface area contributed by atoms with E-state index in [1.165, 1.54) is 5.56 Å². The standard InChI is InChI=1S/C17H27NO3/c1-12-6-7-13(2)17(14(12)3)21-11-16(20)10-18-8-4-5-15(19)9-18/h6-7,15-16,19-20H,4-5,8-11H2,1-3H3. The van der Waals surface area contributed by atoms with Crippen molar-refractivity contribution in [2.75, 3.05) is 26.2 Å². The van der Waals surface area contributed by atoms with E-state index in [9.17, 15) is 10.2 Å². The lowest BCUT2D eigenvalue weighted by molar-refractivity contribution is 0.0241. The Hall–Kier alpha value is -1.10. The summed E-state index contributed by atoms with van der Waals surface area (Å²) < 4.78 is 5.84. The summed E-state index contributed by atoms with van der Waals surface area (Å²) in [6, 6.07) is 4.13. The van der Waals surface area contributed by atoms with E-state index in [2.05, 4.69) is 17.9 Å². The lowest BCUT2D eigenvalue weighted by atomic mass is 10.1. The first kappa shape index (κ1) is 16.3. The molecular formula is C17H27NO3. The molecule has 0 radical (unpaired) electrons. The Morgan fingerprint density at radius 1 is 1.29 bits per heavy atom. The first-order chi connectivity index (χ1) is 9.97. The molecule has 1 aliphatic rings. The van der Waals surface area contributed by atoms with Crippen molar-refractivity contribution in [3.63, 3.8) is 0 Å². The van der Waals surface area contributed by atoms with Crippen LogP contribution in [0.15, 0.2) is 12.1 Å². The molecule has 0 saturated carbocycles. The number of hydrogen-bond donors (Lipinski definition) is 2. The van der Waals surface area contributed by atoms with Gasteiger partial charge in [-0.2, -0.15) is 0 Å². The molecule has 2 rings (SSSR count). The zero-order valence-electron chi connectivity index (χ0n) is 13.3. The van der Waals surface area contributed by atoms with E-state index in [4.69, 9.17) is 4.74 Å². The average Bonchev–Trinajstić information content (AvgIpc) is 2.43. The van der Waals surface area contributed by atoms with Gasteiger partial charge < -0.3 is 14.9 Å². The van der Waals surface area contributed by atoms with Gasteiger partial charge in [0.2, 0.25) is 0 Å². The number of hydrogen-bond acceptors (Lipinski definition) is 4. The van der Waals surface area contributed by atoms with E-state index in [1.54, 1.807) is 0 Å². The first-order valence-corrected chi connectivity index (χ1v) is 7.75. The van der Waals surface area contributed by atoms with Gasteiger partial charge in [-0.3, -0.25) is 4.90 Å². The van der Waals surface area contributed by atoms with Crippen molar-refractivity contribution >= 4 is 0 Å². The summed E-state index contributed by atoms with van der Waals surface area (Å²) in [6.45, 7) is 8.57. The van der Waals surface area contributed by atoms with E-state index in [1.807, 2.05) is 19.9 Å². The van der Waals surface area contributed by atoms with Crippen molar-refractivity contribution < 1.29 is 14.9 Å². The van der Waals surface area contributed by atoms with E-state index in [0.29, 0.717) is 13.1 Å². The monoisotopic (exact) mass is 293 g/mol. The smallest absolute Gasteiger partial charge is 0.125 e. The van der Waals surface area contributed by atoms with Crippen LogP contribution in [0.4, 0.5) is 0 Å². The molecule has 1 saturated heterocycles. The molecule has 118 valence electrons. The Morgan fingerprint density at radius 2 is 2.00 bits per heavy atom. The van der Waals surface area contributed by atoms with Crippen LogP contribution in [0.25, 0.3) is 0 Å². The molecule has 2 N–H and O–H groups in total. The van der Waals surface area contributed by atoms with Crippen LogP contribution in [0, 0.1) is 20.8 Å². The van der Waals surface area contributed by atoms with Crippen LogP contribution >= 0.6 is 0 Å². The number of benzene rings is 1. The molecule has 0 aromatic heterocycles. The topological polar surface area (TPSA) is 52.9 Å². The van der Waals surface area contributed by atoms with Crippen molar-refractivity contribution in [1.82, 2.24) is 4.90 Å². The second-order valence-corrected chi connectivity index (χ2v) is 6.17. The van der Waals surface area contributed by atoms with Crippen molar-refractivity contribution in [3.05, 3.63) is 28.8 Å². The van der Waals surface area contributed by atoms with Gasteiger partial charge in [-0.1, -0.05) is 12.1 Å². The fourth-order valence-corrected chi connectivity index (χ4v) is 2.87. The molecule has 2 atom stereocenters. The Balaban J connectivity index is 1.86. The Morgan fingerprint density at radius 3 is 2.71 bits per heavy atom. The highest BCUT2D eigenvalue weighted by Crippen LogP contribution is 2.25. The van der Waals surface area contributed by atoms with Gasteiger partial charge in [0, 0.05) is 13.1 Å². The summed E-state index contributed by atoms with van der Waals surface area (Å²) in [7, 11) is 0. The third kappa shape index (κ3) is 4.43. The van der Waals surface area contributed by atoms with Crippen LogP contribution in [0.5, 0.6) is 5.75 Å². The quantitative estimate of drug-likeness (QED) is 0.869. The highest BCUT2D eigenvalue weighted by molar-refractivity contribution is 5.44. The van der Waals surface area contributed by atoms with E-state index in [-0.39, 0.29) is 12.7 Å². The second kappa shape index (κ2) is 7.25. The molecule has 0 spiro atoms. The van der Waals surface area contributed by atoms with Crippen LogP contribution in [-0.4, -0.2) is 53.6 Å². The molecule has 0 amide bonds. The minimum atomic E-state index is -0.533. The minimum Gasteiger partial charge on any atom is -0.490 e. The SMILES string of the molecule is Cc1ccc(C)c(OCC(O)CN2CCCC(O)C2)c1C. The molecule has 4 nitrogen and oxygen atoms in total. The average molecular weight is 293 g/mol. The summed E-state index contributed by atoms with van der Waals surface area (Å²) in [5.41, 5.74) is 3.43. The number of β-amino-alcohol motifs (C(OH)–C–C–N with tert-alkyl or cyclic N) is 2. The van der Waals surface area contributed by atoms with Gasteiger partial charge in [0.15, 0.2) is 0 Å². The van der Waals surface area contributed by atoms with E-state index >= 15 is 0 Å². The van der Waals surface area contributed by atoms with Crippen LogP contribution in [0.1, 0.15) is 29.5 Å². The highest BCUT2D eigenvalue weighted by Gasteiger charge is 2.20. The number of piperidine rings is 1. The Bertz CT molecular complexity index is 475. The van der Waals surface area contributed by atoms with Gasteiger partial charge in [-0.05, 0) is 56.8 Å². The summed E-state index contributed by atoms with van der Waals surface area (Å²) >= 11 is 0. The van der Waals surface area contributed by atoms with Crippen LogP contribution in [0.2, 0.25) is 0 Å². The molecule has 1 heterocycles. The van der Waals surface area contributed by atoms with Gasteiger partial charge in [0.25, 0.3) is 0 Å². The lowest BCUT2D eigenvalue weighted by Crippen LogP contribution is -2.43. The van der Waals surface area contributed by atoms with Gasteiger partial charge in [0.05, 0.1) is 6.10 Å². The first-order valence-electron chi connectivity index (χ1n) is 7.75. The molecule has 0 aliphatic carbocycles. The fourth-order valence-electron chi connectivity index (χ4n) is 2.87. The zero-order valence-corrected chi connectivity index (χ0v) is 13.3. The number of rotatable bonds is 5. The van der Waals surface area contributed by atoms with Crippen LogP contribution < -0.4 is 4.74 Å². The Labute approximate surface area is 127 Å². The maximum Gasteiger partial charge on any atom is 0.125 e. The van der Waals surface area contributed by atoms with Crippen LogP contribution in [0.3, 0.4) is 0 Å². The van der Waals surface area contributed by atoms with E-state index in [0.717, 1.165) is 36.3 Å². The van der Waals surface area contributed by atoms with E-state index < -0.39 is 6.10 Å². The van der Waals surface area contributed by atoms with Crippen molar-refractivity contribution in [2.45, 2.75) is 45.8 Å². The third-order valence-corrected chi connectivity index (χ3v) is 4.24. The molecule has 1 aliphatic heterocycles. The molecule has 1 fully saturated rings. The molecular weight excluding hydrogens is 266 g/mol. The number of aryl methyl sites for hydroxylation is 2. The summed E-state index contributed by atoms with van der Waals surface area (Å²) in [5, 5.41) is 19.8. The molecule has 1 aromatic carbocycles. The number of nitrogens with zero attached hydrogens (tertiary/aromatic N) is 1. The van der Waals surface area contributed by atoms with Crippen molar-refractivity contribution in [1.29, 1.82) is 0 Å². The van der Waals surface area contributed by atoms with Crippen molar-refractivity contribution in [2.24, 2.45) is 0 Å². The molecule has 21 heavy (non-hydrogen) atoms. The highest BCUT2D eigenvalue weighted by atomic mass is 16.5. The number of ether oxygens (including phenoxy) is 1. The summed E-state index contributed by atoms with van der Waals surface area (Å²) in [6.07, 6.45) is 1.07. The van der Waals surface area contributed by atoms with Crippen LogP contribution in [-0.2, 0) is 0 Å². The Kier molecular flexibility index (Phi) is 5.62. The van der Waals surface area contributed by atoms with Gasteiger partial charge in [-0.25, -0.2) is 0 Å². The molecule has 0 bridgehead atoms. The lowest BCUT2D eigenvalue weighted by Gasteiger charge is -2.31.